The molecule has 182 valence electrons. The number of nitrogens with zero attached hydrogens (tertiary/aromatic N) is 3. The quantitative estimate of drug-likeness (QED) is 0.472. The summed E-state index contributed by atoms with van der Waals surface area (Å²) in [7, 11) is 0. The van der Waals surface area contributed by atoms with E-state index in [1.165, 1.54) is 36.1 Å². The number of carbonyl (C=O) groups excluding carboxylic acids is 2. The van der Waals surface area contributed by atoms with E-state index < -0.39 is 36.6 Å². The molecule has 3 aromatic rings. The topological polar surface area (TPSA) is 62.7 Å². The molecule has 5 rings (SSSR count). The number of fused-ring (bicyclic) bond motifs is 2. The summed E-state index contributed by atoms with van der Waals surface area (Å²) in [6.07, 6.45) is -5.81. The third-order valence-electron chi connectivity index (χ3n) is 5.75. The Morgan fingerprint density at radius 2 is 1.69 bits per heavy atom. The van der Waals surface area contributed by atoms with Crippen molar-refractivity contribution >= 4 is 23.3 Å². The molecule has 2 aromatic carbocycles. The Labute approximate surface area is 198 Å². The number of ether oxygens (including phenoxy) is 1. The molecule has 2 amide bonds. The maximum Gasteiger partial charge on any atom is 0.406 e. The van der Waals surface area contributed by atoms with Crippen molar-refractivity contribution in [3.05, 3.63) is 83.2 Å². The minimum Gasteiger partial charge on any atom is -0.463 e. The highest BCUT2D eigenvalue weighted by atomic mass is 19.4. The summed E-state index contributed by atoms with van der Waals surface area (Å²) in [4.78, 5) is 32.0. The summed E-state index contributed by atoms with van der Waals surface area (Å²) in [6, 6.07) is 14.6. The average Bonchev–Trinajstić information content (AvgIpc) is 3.09. The molecule has 0 N–H and O–H groups in total. The summed E-state index contributed by atoms with van der Waals surface area (Å²) in [5.41, 5.74) is 1.61. The van der Waals surface area contributed by atoms with Crippen molar-refractivity contribution in [1.29, 1.82) is 0 Å². The number of alkyl halides is 3. The van der Waals surface area contributed by atoms with Gasteiger partial charge in [-0.15, -0.1) is 0 Å². The molecule has 1 aromatic heterocycles. The first-order valence-corrected chi connectivity index (χ1v) is 10.4. The first-order chi connectivity index (χ1) is 16.1. The highest BCUT2D eigenvalue weighted by Gasteiger charge is 2.43. The Balaban J connectivity index is 0.00000289. The molecule has 0 fully saturated rings. The second-order valence-corrected chi connectivity index (χ2v) is 8.01. The van der Waals surface area contributed by atoms with E-state index in [2.05, 4.69) is 4.98 Å². The predicted octanol–water partition coefficient (Wildman–Crippen LogP) is 5.28. The van der Waals surface area contributed by atoms with Gasteiger partial charge in [-0.2, -0.15) is 18.2 Å². The van der Waals surface area contributed by atoms with Crippen molar-refractivity contribution in [3.63, 3.8) is 0 Å². The summed E-state index contributed by atoms with van der Waals surface area (Å²) in [5.74, 6) is -1.70. The molecule has 2 atom stereocenters. The first-order valence-electron chi connectivity index (χ1n) is 10.4. The van der Waals surface area contributed by atoms with E-state index >= 15 is 0 Å². The molecule has 0 saturated heterocycles. The molecular formula is C25H21F4N3O3. The van der Waals surface area contributed by atoms with E-state index in [0.717, 1.165) is 0 Å². The Hall–Kier alpha value is -3.95. The lowest BCUT2D eigenvalue weighted by Gasteiger charge is -2.33. The number of hydrogen-bond acceptors (Lipinski definition) is 4. The maximum absolute atomic E-state index is 13.6. The zero-order valence-electron chi connectivity index (χ0n) is 17.7. The first kappa shape index (κ1) is 24.2. The van der Waals surface area contributed by atoms with Crippen molar-refractivity contribution < 1.29 is 31.9 Å². The predicted molar refractivity (Wildman–Crippen MR) is 121 cm³/mol. The highest BCUT2D eigenvalue weighted by molar-refractivity contribution is 6.11. The molecule has 3 heterocycles. The van der Waals surface area contributed by atoms with Crippen LogP contribution < -0.4 is 14.5 Å². The van der Waals surface area contributed by atoms with Gasteiger partial charge in [-0.1, -0.05) is 37.8 Å². The lowest BCUT2D eigenvalue weighted by molar-refractivity contribution is -0.137. The monoisotopic (exact) mass is 487 g/mol. The van der Waals surface area contributed by atoms with Crippen LogP contribution in [-0.2, 0) is 4.79 Å². The van der Waals surface area contributed by atoms with E-state index in [1.807, 2.05) is 0 Å². The maximum atomic E-state index is 13.6. The number of anilines is 2. The fraction of sp³-hybridized carbons (Fsp3) is 0.240. The minimum atomic E-state index is -4.62. The second-order valence-electron chi connectivity index (χ2n) is 8.01. The van der Waals surface area contributed by atoms with E-state index in [9.17, 15) is 27.2 Å². The standard InChI is InChI=1S/C24H17F4N3O3.CH4/c1-13-22(32)30(12-24(26,27)28)18-10-11-19(29-21(18)34-13)31-20(14-6-8-15(25)9-7-14)16-4-2-3-5-17(16)23(31)33;/h2-11,13,20H,12H2,1H3;1H4. The summed E-state index contributed by atoms with van der Waals surface area (Å²) < 4.78 is 58.3. The second kappa shape index (κ2) is 8.68. The van der Waals surface area contributed by atoms with Gasteiger partial charge in [-0.25, -0.2) is 4.39 Å². The van der Waals surface area contributed by atoms with Crippen LogP contribution in [0.5, 0.6) is 5.88 Å². The van der Waals surface area contributed by atoms with Gasteiger partial charge in [0.2, 0.25) is 5.88 Å². The van der Waals surface area contributed by atoms with Crippen molar-refractivity contribution in [2.75, 3.05) is 16.3 Å². The van der Waals surface area contributed by atoms with Gasteiger partial charge in [-0.3, -0.25) is 19.4 Å². The molecule has 2 aliphatic heterocycles. The Kier molecular flexibility index (Phi) is 6.00. The number of hydrogen-bond donors (Lipinski definition) is 0. The Morgan fingerprint density at radius 3 is 2.37 bits per heavy atom. The normalized spacial score (nSPS) is 19.1. The smallest absolute Gasteiger partial charge is 0.406 e. The Bertz CT molecular complexity index is 1290. The summed E-state index contributed by atoms with van der Waals surface area (Å²) in [5, 5.41) is 0. The van der Waals surface area contributed by atoms with Crippen LogP contribution in [0.3, 0.4) is 0 Å². The molecular weight excluding hydrogens is 466 g/mol. The molecule has 0 radical (unpaired) electrons. The van der Waals surface area contributed by atoms with Gasteiger partial charge < -0.3 is 4.74 Å². The van der Waals surface area contributed by atoms with Crippen LogP contribution in [0.4, 0.5) is 29.1 Å². The van der Waals surface area contributed by atoms with Crippen LogP contribution in [0.1, 0.15) is 41.9 Å². The van der Waals surface area contributed by atoms with Gasteiger partial charge in [0.25, 0.3) is 11.8 Å². The third kappa shape index (κ3) is 4.20. The Morgan fingerprint density at radius 1 is 1.00 bits per heavy atom. The van der Waals surface area contributed by atoms with E-state index in [1.54, 1.807) is 36.4 Å². The highest BCUT2D eigenvalue weighted by Crippen LogP contribution is 2.43. The largest absolute Gasteiger partial charge is 0.463 e. The number of carbonyl (C=O) groups is 2. The number of amides is 2. The molecule has 6 nitrogen and oxygen atoms in total. The van der Waals surface area contributed by atoms with Crippen molar-refractivity contribution in [1.82, 2.24) is 4.98 Å². The summed E-state index contributed by atoms with van der Waals surface area (Å²) in [6.45, 7) is -0.152. The lowest BCUT2D eigenvalue weighted by Crippen LogP contribution is -2.48. The van der Waals surface area contributed by atoms with Crippen LogP contribution in [-0.4, -0.2) is 35.6 Å². The third-order valence-corrected chi connectivity index (χ3v) is 5.75. The fourth-order valence-electron chi connectivity index (χ4n) is 4.27. The number of halogens is 4. The van der Waals surface area contributed by atoms with E-state index in [4.69, 9.17) is 4.74 Å². The molecule has 2 aliphatic rings. The average molecular weight is 487 g/mol. The van der Waals surface area contributed by atoms with Gasteiger partial charge in [0.05, 0.1) is 6.04 Å². The molecule has 2 unspecified atom stereocenters. The number of benzene rings is 2. The zero-order chi connectivity index (χ0) is 24.2. The lowest BCUT2D eigenvalue weighted by atomic mass is 9.98. The zero-order valence-corrected chi connectivity index (χ0v) is 17.7. The van der Waals surface area contributed by atoms with E-state index in [-0.39, 0.29) is 30.7 Å². The van der Waals surface area contributed by atoms with Gasteiger partial charge in [0.15, 0.2) is 6.10 Å². The molecule has 0 bridgehead atoms. The van der Waals surface area contributed by atoms with Gasteiger partial charge in [0, 0.05) is 5.56 Å². The van der Waals surface area contributed by atoms with Crippen LogP contribution in [0.2, 0.25) is 0 Å². The summed E-state index contributed by atoms with van der Waals surface area (Å²) >= 11 is 0. The molecule has 0 saturated carbocycles. The molecule has 0 spiro atoms. The van der Waals surface area contributed by atoms with Gasteiger partial charge in [-0.05, 0) is 48.4 Å². The number of pyridine rings is 1. The van der Waals surface area contributed by atoms with Crippen LogP contribution in [0.25, 0.3) is 0 Å². The van der Waals surface area contributed by atoms with Crippen molar-refractivity contribution in [3.8, 4) is 5.88 Å². The van der Waals surface area contributed by atoms with Crippen LogP contribution in [0.15, 0.2) is 60.7 Å². The van der Waals surface area contributed by atoms with Crippen LogP contribution >= 0.6 is 0 Å². The fourth-order valence-corrected chi connectivity index (χ4v) is 4.27. The SMILES string of the molecule is C.CC1Oc2nc(N3C(=O)c4ccccc4C3c3ccc(F)cc3)ccc2N(CC(F)(F)F)C1=O. The van der Waals surface area contributed by atoms with E-state index in [0.29, 0.717) is 21.6 Å². The minimum absolute atomic E-state index is 0. The molecule has 10 heteroatoms. The number of rotatable bonds is 3. The molecule has 35 heavy (non-hydrogen) atoms. The molecule has 0 aliphatic carbocycles. The van der Waals surface area contributed by atoms with Crippen LogP contribution in [0, 0.1) is 5.82 Å². The van der Waals surface area contributed by atoms with Crippen molar-refractivity contribution in [2.45, 2.75) is 32.7 Å². The van der Waals surface area contributed by atoms with Gasteiger partial charge >= 0.3 is 6.18 Å². The number of aromatic nitrogens is 1. The van der Waals surface area contributed by atoms with Gasteiger partial charge in [0.1, 0.15) is 23.9 Å². The van der Waals surface area contributed by atoms with Crippen molar-refractivity contribution in [2.24, 2.45) is 0 Å².